The van der Waals surface area contributed by atoms with Gasteiger partial charge in [0.2, 0.25) is 0 Å². The molecule has 4 nitrogen and oxygen atoms in total. The largest absolute Gasteiger partial charge is 0.464 e. The fourth-order valence-electron chi connectivity index (χ4n) is 4.83. The number of hydrogen-bond donors (Lipinski definition) is 1. The Balaban J connectivity index is 1.36. The van der Waals surface area contributed by atoms with Crippen molar-refractivity contribution >= 4 is 16.5 Å². The highest BCUT2D eigenvalue weighted by molar-refractivity contribution is 5.96. The van der Waals surface area contributed by atoms with Gasteiger partial charge in [0, 0.05) is 27.6 Å². The zero-order valence-corrected chi connectivity index (χ0v) is 20.0. The molecule has 0 bridgehead atoms. The summed E-state index contributed by atoms with van der Waals surface area (Å²) in [6.07, 6.45) is -0.215. The number of hydrogen-bond acceptors (Lipinski definition) is 4. The normalized spacial score (nSPS) is 14.1. The first-order chi connectivity index (χ1) is 18.3. The Bertz CT molecular complexity index is 1660. The number of aromatic nitrogens is 2. The van der Waals surface area contributed by atoms with Crippen LogP contribution in [0.1, 0.15) is 11.8 Å². The number of benzene rings is 5. The van der Waals surface area contributed by atoms with Crippen molar-refractivity contribution < 1.29 is 4.74 Å². The summed E-state index contributed by atoms with van der Waals surface area (Å²) in [6.45, 7) is 0. The van der Waals surface area contributed by atoms with Crippen LogP contribution >= 0.6 is 0 Å². The summed E-state index contributed by atoms with van der Waals surface area (Å²) in [4.78, 5) is 9.99. The Morgan fingerprint density at radius 3 is 1.81 bits per heavy atom. The van der Waals surface area contributed by atoms with E-state index in [-0.39, 0.29) is 6.23 Å². The number of ether oxygens (including phenoxy) is 1. The molecule has 0 saturated heterocycles. The first-order valence-corrected chi connectivity index (χ1v) is 12.4. The fraction of sp³-hybridized carbons (Fsp3) is 0.0303. The van der Waals surface area contributed by atoms with Crippen molar-refractivity contribution in [1.29, 1.82) is 0 Å². The minimum absolute atomic E-state index is 0.215. The minimum atomic E-state index is -0.215. The number of anilines is 1. The summed E-state index contributed by atoms with van der Waals surface area (Å²) in [5.74, 6) is 1.54. The molecule has 1 N–H and O–H groups in total. The quantitative estimate of drug-likeness (QED) is 0.278. The lowest BCUT2D eigenvalue weighted by atomic mass is 10.0. The average molecular weight is 478 g/mol. The molecular weight excluding hydrogens is 454 g/mol. The van der Waals surface area contributed by atoms with E-state index in [2.05, 4.69) is 78.1 Å². The molecule has 5 aromatic carbocycles. The molecule has 1 aromatic heterocycles. The van der Waals surface area contributed by atoms with Crippen LogP contribution in [0.25, 0.3) is 44.7 Å². The first-order valence-electron chi connectivity index (χ1n) is 12.4. The summed E-state index contributed by atoms with van der Waals surface area (Å²) in [5.41, 5.74) is 6.93. The molecule has 176 valence electrons. The Morgan fingerprint density at radius 1 is 0.568 bits per heavy atom. The molecule has 0 saturated carbocycles. The second kappa shape index (κ2) is 8.92. The molecule has 1 aliphatic rings. The lowest BCUT2D eigenvalue weighted by Crippen LogP contribution is -2.09. The number of rotatable bonds is 4. The third kappa shape index (κ3) is 3.99. The molecule has 4 heteroatoms. The molecule has 1 unspecified atom stereocenters. The van der Waals surface area contributed by atoms with Gasteiger partial charge in [-0.3, -0.25) is 0 Å². The van der Waals surface area contributed by atoms with Gasteiger partial charge in [-0.1, -0.05) is 109 Å². The van der Waals surface area contributed by atoms with E-state index >= 15 is 0 Å². The summed E-state index contributed by atoms with van der Waals surface area (Å²) >= 11 is 0. The van der Waals surface area contributed by atoms with Crippen molar-refractivity contribution in [3.8, 4) is 39.7 Å². The number of nitrogens with zero attached hydrogens (tertiary/aromatic N) is 2. The van der Waals surface area contributed by atoms with Crippen molar-refractivity contribution in [3.63, 3.8) is 0 Å². The first kappa shape index (κ1) is 21.3. The zero-order valence-electron chi connectivity index (χ0n) is 20.0. The molecule has 0 spiro atoms. The molecule has 0 fully saturated rings. The molecule has 1 atom stereocenters. The van der Waals surface area contributed by atoms with E-state index in [1.807, 2.05) is 54.6 Å². The third-order valence-electron chi connectivity index (χ3n) is 6.72. The summed E-state index contributed by atoms with van der Waals surface area (Å²) in [5, 5.41) is 5.66. The summed E-state index contributed by atoms with van der Waals surface area (Å²) in [7, 11) is 0. The molecule has 1 aliphatic heterocycles. The van der Waals surface area contributed by atoms with Crippen LogP contribution < -0.4 is 10.1 Å². The van der Waals surface area contributed by atoms with Gasteiger partial charge in [0.1, 0.15) is 0 Å². The highest BCUT2D eigenvalue weighted by atomic mass is 16.5. The molecular formula is C33H23N3O. The van der Waals surface area contributed by atoms with Crippen LogP contribution in [0.5, 0.6) is 5.75 Å². The van der Waals surface area contributed by atoms with Gasteiger partial charge in [0.15, 0.2) is 17.8 Å². The van der Waals surface area contributed by atoms with Gasteiger partial charge < -0.3 is 10.1 Å². The van der Waals surface area contributed by atoms with Crippen LogP contribution in [-0.4, -0.2) is 9.97 Å². The van der Waals surface area contributed by atoms with E-state index in [1.54, 1.807) is 0 Å². The monoisotopic (exact) mass is 477 g/mol. The fourth-order valence-corrected chi connectivity index (χ4v) is 4.83. The Morgan fingerprint density at radius 2 is 1.16 bits per heavy atom. The van der Waals surface area contributed by atoms with Crippen LogP contribution in [0.4, 0.5) is 5.69 Å². The Labute approximate surface area is 215 Å². The molecule has 6 aromatic rings. The van der Waals surface area contributed by atoms with E-state index in [1.165, 1.54) is 0 Å². The number of fused-ring (bicyclic) bond motifs is 3. The molecule has 7 rings (SSSR count). The van der Waals surface area contributed by atoms with E-state index in [9.17, 15) is 0 Å². The maximum absolute atomic E-state index is 6.43. The van der Waals surface area contributed by atoms with E-state index in [4.69, 9.17) is 14.7 Å². The van der Waals surface area contributed by atoms with E-state index in [0.29, 0.717) is 5.82 Å². The van der Waals surface area contributed by atoms with Crippen molar-refractivity contribution in [2.75, 3.05) is 5.32 Å². The lowest BCUT2D eigenvalue weighted by Gasteiger charge is -2.12. The second-order valence-electron chi connectivity index (χ2n) is 9.13. The maximum Gasteiger partial charge on any atom is 0.196 e. The molecule has 0 aliphatic carbocycles. The zero-order chi connectivity index (χ0) is 24.6. The standard InChI is InChI=1S/C33H23N3O/c1-4-10-23(11-5-1)29-21-30(24-12-6-2-7-13-24)35-32(34-29)26-17-16-22-18-19-28-31(27(22)20-26)37-33(36-28)25-14-8-3-9-15-25/h1-21,33,36H. The highest BCUT2D eigenvalue weighted by Gasteiger charge is 2.25. The lowest BCUT2D eigenvalue weighted by molar-refractivity contribution is 0.262. The van der Waals surface area contributed by atoms with Crippen molar-refractivity contribution in [1.82, 2.24) is 9.97 Å². The average Bonchev–Trinajstić information content (AvgIpc) is 3.43. The van der Waals surface area contributed by atoms with Crippen LogP contribution in [0.15, 0.2) is 127 Å². The van der Waals surface area contributed by atoms with Crippen molar-refractivity contribution in [3.05, 3.63) is 133 Å². The highest BCUT2D eigenvalue weighted by Crippen LogP contribution is 2.44. The van der Waals surface area contributed by atoms with Crippen LogP contribution in [0.2, 0.25) is 0 Å². The maximum atomic E-state index is 6.43. The van der Waals surface area contributed by atoms with Crippen LogP contribution in [0.3, 0.4) is 0 Å². The van der Waals surface area contributed by atoms with Gasteiger partial charge in [-0.25, -0.2) is 9.97 Å². The van der Waals surface area contributed by atoms with Crippen molar-refractivity contribution in [2.45, 2.75) is 6.23 Å². The van der Waals surface area contributed by atoms with E-state index in [0.717, 1.165) is 55.9 Å². The van der Waals surface area contributed by atoms with Crippen molar-refractivity contribution in [2.24, 2.45) is 0 Å². The molecule has 2 heterocycles. The van der Waals surface area contributed by atoms with Gasteiger partial charge in [-0.05, 0) is 23.6 Å². The Hall–Kier alpha value is -4.96. The topological polar surface area (TPSA) is 47.0 Å². The van der Waals surface area contributed by atoms with Crippen LogP contribution in [0, 0.1) is 0 Å². The van der Waals surface area contributed by atoms with Gasteiger partial charge in [-0.2, -0.15) is 0 Å². The summed E-state index contributed by atoms with van der Waals surface area (Å²) < 4.78 is 6.43. The minimum Gasteiger partial charge on any atom is -0.464 e. The van der Waals surface area contributed by atoms with Gasteiger partial charge in [-0.15, -0.1) is 0 Å². The molecule has 0 radical (unpaired) electrons. The van der Waals surface area contributed by atoms with Gasteiger partial charge >= 0.3 is 0 Å². The van der Waals surface area contributed by atoms with Gasteiger partial charge in [0.05, 0.1) is 17.1 Å². The smallest absolute Gasteiger partial charge is 0.196 e. The predicted molar refractivity (Wildman–Crippen MR) is 149 cm³/mol. The van der Waals surface area contributed by atoms with Gasteiger partial charge in [0.25, 0.3) is 0 Å². The van der Waals surface area contributed by atoms with E-state index < -0.39 is 0 Å². The predicted octanol–water partition coefficient (Wildman–Crippen LogP) is 8.13. The third-order valence-corrected chi connectivity index (χ3v) is 6.72. The summed E-state index contributed by atoms with van der Waals surface area (Å²) in [6, 6.07) is 43.3. The molecule has 0 amide bonds. The SMILES string of the molecule is c1ccc(-c2cc(-c3ccccc3)nc(-c3ccc4ccc5c(c4c3)OC(c3ccccc3)N5)n2)cc1. The Kier molecular flexibility index (Phi) is 5.14. The molecule has 37 heavy (non-hydrogen) atoms. The second-order valence-corrected chi connectivity index (χ2v) is 9.13. The van der Waals surface area contributed by atoms with Crippen LogP contribution in [-0.2, 0) is 0 Å². The number of nitrogens with one attached hydrogen (secondary N) is 1.